The maximum absolute atomic E-state index is 10.8. The second kappa shape index (κ2) is 8.35. The standard InChI is InChI=1S/C7H13NO2.C6H6O/c1-4-5-8(10)7(9)6(2)3;7-6-4-2-1-3-5-6/h10H,2,4-5H2,1,3H3;1-5,7H. The lowest BCUT2D eigenvalue weighted by Gasteiger charge is -2.12. The summed E-state index contributed by atoms with van der Waals surface area (Å²) in [7, 11) is 0. The van der Waals surface area contributed by atoms with Crippen LogP contribution in [0.1, 0.15) is 20.3 Å². The molecule has 0 saturated carbocycles. The first-order chi connectivity index (χ1) is 7.99. The second-order valence-corrected chi connectivity index (χ2v) is 3.54. The predicted octanol–water partition coefficient (Wildman–Crippen LogP) is 2.58. The summed E-state index contributed by atoms with van der Waals surface area (Å²) in [5.41, 5.74) is 0.357. The summed E-state index contributed by atoms with van der Waals surface area (Å²) in [6.07, 6.45) is 0.746. The number of amides is 1. The van der Waals surface area contributed by atoms with E-state index >= 15 is 0 Å². The third-order valence-corrected chi connectivity index (χ3v) is 1.79. The van der Waals surface area contributed by atoms with Gasteiger partial charge in [-0.3, -0.25) is 10.0 Å². The number of carbonyl (C=O) groups excluding carboxylic acids is 1. The molecule has 94 valence electrons. The van der Waals surface area contributed by atoms with Crippen molar-refractivity contribution in [3.63, 3.8) is 0 Å². The Morgan fingerprint density at radius 2 is 1.88 bits per heavy atom. The van der Waals surface area contributed by atoms with Crippen LogP contribution in [0.5, 0.6) is 5.75 Å². The maximum Gasteiger partial charge on any atom is 0.272 e. The molecule has 4 heteroatoms. The number of aromatic hydroxyl groups is 1. The highest BCUT2D eigenvalue weighted by Crippen LogP contribution is 2.02. The Bertz CT molecular complexity index is 349. The van der Waals surface area contributed by atoms with Crippen LogP contribution in [0.15, 0.2) is 42.5 Å². The molecule has 1 aromatic rings. The zero-order valence-electron chi connectivity index (χ0n) is 10.3. The Morgan fingerprint density at radius 3 is 2.18 bits per heavy atom. The first kappa shape index (κ1) is 15.2. The molecule has 0 aromatic heterocycles. The molecule has 0 unspecified atom stereocenters. The highest BCUT2D eigenvalue weighted by Gasteiger charge is 2.08. The van der Waals surface area contributed by atoms with Gasteiger partial charge in [-0.15, -0.1) is 0 Å². The lowest BCUT2D eigenvalue weighted by Crippen LogP contribution is -2.28. The molecule has 0 aliphatic heterocycles. The lowest BCUT2D eigenvalue weighted by molar-refractivity contribution is -0.160. The molecular weight excluding hydrogens is 218 g/mol. The Morgan fingerprint density at radius 1 is 1.35 bits per heavy atom. The van der Waals surface area contributed by atoms with E-state index in [0.29, 0.717) is 22.9 Å². The topological polar surface area (TPSA) is 60.8 Å². The summed E-state index contributed by atoms with van der Waals surface area (Å²) in [5.74, 6) is -0.0793. The first-order valence-corrected chi connectivity index (χ1v) is 5.39. The number of nitrogens with zero attached hydrogens (tertiary/aromatic N) is 1. The quantitative estimate of drug-likeness (QED) is 0.482. The molecule has 1 rings (SSSR count). The molecule has 1 amide bonds. The van der Waals surface area contributed by atoms with E-state index in [2.05, 4.69) is 6.58 Å². The molecular formula is C13H19NO3. The normalized spacial score (nSPS) is 8.88. The van der Waals surface area contributed by atoms with Crippen LogP contribution in [-0.2, 0) is 4.79 Å². The average molecular weight is 237 g/mol. The fourth-order valence-corrected chi connectivity index (χ4v) is 0.962. The van der Waals surface area contributed by atoms with Gasteiger partial charge in [-0.05, 0) is 25.5 Å². The van der Waals surface area contributed by atoms with Gasteiger partial charge in [-0.1, -0.05) is 31.7 Å². The van der Waals surface area contributed by atoms with Gasteiger partial charge >= 0.3 is 0 Å². The average Bonchev–Trinajstić information content (AvgIpc) is 2.30. The summed E-state index contributed by atoms with van der Waals surface area (Å²) in [5, 5.41) is 18.2. The fourth-order valence-electron chi connectivity index (χ4n) is 0.962. The minimum absolute atomic E-state index is 0.322. The van der Waals surface area contributed by atoms with Gasteiger partial charge in [0.05, 0.1) is 0 Å². The van der Waals surface area contributed by atoms with Crippen LogP contribution in [0.3, 0.4) is 0 Å². The molecule has 0 radical (unpaired) electrons. The van der Waals surface area contributed by atoms with Gasteiger partial charge in [-0.2, -0.15) is 0 Å². The van der Waals surface area contributed by atoms with E-state index in [0.717, 1.165) is 6.42 Å². The van der Waals surface area contributed by atoms with Crippen molar-refractivity contribution in [3.05, 3.63) is 42.5 Å². The Hall–Kier alpha value is -1.81. The van der Waals surface area contributed by atoms with Crippen LogP contribution in [0.4, 0.5) is 0 Å². The summed E-state index contributed by atoms with van der Waals surface area (Å²) in [6.45, 7) is 7.23. The molecule has 1 aromatic carbocycles. The largest absolute Gasteiger partial charge is 0.508 e. The van der Waals surface area contributed by atoms with Gasteiger partial charge in [0.2, 0.25) is 0 Å². The van der Waals surface area contributed by atoms with Crippen molar-refractivity contribution in [1.29, 1.82) is 0 Å². The highest BCUT2D eigenvalue weighted by molar-refractivity contribution is 5.91. The molecule has 0 aliphatic carbocycles. The van der Waals surface area contributed by atoms with Crippen molar-refractivity contribution in [3.8, 4) is 5.75 Å². The third-order valence-electron chi connectivity index (χ3n) is 1.79. The maximum atomic E-state index is 10.8. The molecule has 0 bridgehead atoms. The fraction of sp³-hybridized carbons (Fsp3) is 0.308. The molecule has 17 heavy (non-hydrogen) atoms. The molecule has 4 nitrogen and oxygen atoms in total. The van der Waals surface area contributed by atoms with Crippen molar-refractivity contribution >= 4 is 5.91 Å². The monoisotopic (exact) mass is 237 g/mol. The van der Waals surface area contributed by atoms with Crippen LogP contribution in [0.2, 0.25) is 0 Å². The second-order valence-electron chi connectivity index (χ2n) is 3.54. The van der Waals surface area contributed by atoms with Gasteiger partial charge in [-0.25, -0.2) is 5.06 Å². The molecule has 2 N–H and O–H groups in total. The van der Waals surface area contributed by atoms with E-state index in [1.807, 2.05) is 13.0 Å². The summed E-state index contributed by atoms with van der Waals surface area (Å²) >= 11 is 0. The SMILES string of the molecule is C=C(C)C(=O)N(O)CCC.Oc1ccccc1. The summed E-state index contributed by atoms with van der Waals surface area (Å²) in [4.78, 5) is 10.8. The zero-order chi connectivity index (χ0) is 13.3. The summed E-state index contributed by atoms with van der Waals surface area (Å²) in [6, 6.07) is 8.71. The van der Waals surface area contributed by atoms with Gasteiger partial charge < -0.3 is 5.11 Å². The van der Waals surface area contributed by atoms with Crippen molar-refractivity contribution < 1.29 is 15.1 Å². The number of hydrogen-bond acceptors (Lipinski definition) is 3. The third kappa shape index (κ3) is 7.14. The van der Waals surface area contributed by atoms with Crippen LogP contribution < -0.4 is 0 Å². The van der Waals surface area contributed by atoms with Crippen LogP contribution >= 0.6 is 0 Å². The molecule has 0 atom stereocenters. The van der Waals surface area contributed by atoms with E-state index in [1.165, 1.54) is 0 Å². The van der Waals surface area contributed by atoms with E-state index in [4.69, 9.17) is 10.3 Å². The Labute approximate surface area is 102 Å². The molecule has 0 heterocycles. The molecule has 0 aliphatic rings. The zero-order valence-corrected chi connectivity index (χ0v) is 10.3. The van der Waals surface area contributed by atoms with E-state index in [9.17, 15) is 4.79 Å². The van der Waals surface area contributed by atoms with Crippen LogP contribution in [0.25, 0.3) is 0 Å². The minimum Gasteiger partial charge on any atom is -0.508 e. The van der Waals surface area contributed by atoms with E-state index in [-0.39, 0.29) is 0 Å². The lowest BCUT2D eigenvalue weighted by atomic mass is 10.3. The van der Waals surface area contributed by atoms with Crippen molar-refractivity contribution in [2.24, 2.45) is 0 Å². The van der Waals surface area contributed by atoms with Gasteiger partial charge in [0.15, 0.2) is 0 Å². The van der Waals surface area contributed by atoms with Gasteiger partial charge in [0, 0.05) is 12.1 Å². The van der Waals surface area contributed by atoms with E-state index < -0.39 is 5.91 Å². The molecule has 0 saturated heterocycles. The molecule has 0 fully saturated rings. The number of phenolic OH excluding ortho intramolecular Hbond substituents is 1. The van der Waals surface area contributed by atoms with E-state index in [1.54, 1.807) is 31.2 Å². The van der Waals surface area contributed by atoms with Gasteiger partial charge in [0.1, 0.15) is 5.75 Å². The number of hydroxylamine groups is 2. The first-order valence-electron chi connectivity index (χ1n) is 5.39. The number of carbonyl (C=O) groups is 1. The number of phenols is 1. The van der Waals surface area contributed by atoms with Crippen molar-refractivity contribution in [1.82, 2.24) is 5.06 Å². The van der Waals surface area contributed by atoms with Crippen LogP contribution in [-0.4, -0.2) is 27.8 Å². The highest BCUT2D eigenvalue weighted by atomic mass is 16.5. The minimum atomic E-state index is -0.401. The van der Waals surface area contributed by atoms with Crippen molar-refractivity contribution in [2.75, 3.05) is 6.54 Å². The van der Waals surface area contributed by atoms with Crippen molar-refractivity contribution in [2.45, 2.75) is 20.3 Å². The summed E-state index contributed by atoms with van der Waals surface area (Å²) < 4.78 is 0. The number of rotatable bonds is 3. The Balaban J connectivity index is 0.000000318. The number of para-hydroxylation sites is 1. The van der Waals surface area contributed by atoms with Gasteiger partial charge in [0.25, 0.3) is 5.91 Å². The molecule has 0 spiro atoms. The smallest absolute Gasteiger partial charge is 0.272 e. The van der Waals surface area contributed by atoms with Crippen LogP contribution in [0, 0.1) is 0 Å². The number of hydrogen-bond donors (Lipinski definition) is 2. The number of benzene rings is 1. The predicted molar refractivity (Wildman–Crippen MR) is 66.7 cm³/mol. The Kier molecular flexibility index (Phi) is 7.46.